The molecule has 1 saturated heterocycles. The largest absolute Gasteiger partial charge is 0.337 e. The summed E-state index contributed by atoms with van der Waals surface area (Å²) < 4.78 is 0. The van der Waals surface area contributed by atoms with Gasteiger partial charge in [0.2, 0.25) is 0 Å². The Morgan fingerprint density at radius 3 is 2.69 bits per heavy atom. The minimum atomic E-state index is 0.110. The molecule has 1 aliphatic heterocycles. The predicted molar refractivity (Wildman–Crippen MR) is 108 cm³/mol. The molecule has 3 rings (SSSR count). The number of rotatable bonds is 3. The SMILES string of the molecule is Cc1cccc(C(=O)N2CCCN(Cc3csc(C(C)(C)C)n3)CC2)c1. The molecule has 1 aromatic carbocycles. The Morgan fingerprint density at radius 2 is 2.00 bits per heavy atom. The number of thiazole rings is 1. The third-order valence-electron chi connectivity index (χ3n) is 4.72. The van der Waals surface area contributed by atoms with Gasteiger partial charge in [0.05, 0.1) is 10.7 Å². The van der Waals surface area contributed by atoms with E-state index in [9.17, 15) is 4.79 Å². The Kier molecular flexibility index (Phi) is 5.78. The van der Waals surface area contributed by atoms with E-state index in [2.05, 4.69) is 31.1 Å². The number of benzene rings is 1. The van der Waals surface area contributed by atoms with E-state index in [4.69, 9.17) is 4.98 Å². The van der Waals surface area contributed by atoms with Gasteiger partial charge >= 0.3 is 0 Å². The Labute approximate surface area is 160 Å². The summed E-state index contributed by atoms with van der Waals surface area (Å²) in [5.74, 6) is 0.152. The van der Waals surface area contributed by atoms with Gasteiger partial charge in [0, 0.05) is 49.1 Å². The maximum Gasteiger partial charge on any atom is 0.253 e. The first-order valence-electron chi connectivity index (χ1n) is 9.36. The van der Waals surface area contributed by atoms with E-state index in [1.165, 1.54) is 5.01 Å². The molecule has 0 radical (unpaired) electrons. The highest BCUT2D eigenvalue weighted by Gasteiger charge is 2.22. The molecule has 0 atom stereocenters. The molecule has 0 aliphatic carbocycles. The summed E-state index contributed by atoms with van der Waals surface area (Å²) in [5, 5.41) is 3.37. The first kappa shape index (κ1) is 19.1. The van der Waals surface area contributed by atoms with E-state index in [1.807, 2.05) is 36.1 Å². The second-order valence-electron chi connectivity index (χ2n) is 8.19. The zero-order valence-corrected chi connectivity index (χ0v) is 17.1. The van der Waals surface area contributed by atoms with Gasteiger partial charge in [-0.3, -0.25) is 9.69 Å². The zero-order chi connectivity index (χ0) is 18.7. The third-order valence-corrected chi connectivity index (χ3v) is 6.04. The number of aromatic nitrogens is 1. The number of carbonyl (C=O) groups excluding carboxylic acids is 1. The average molecular weight is 372 g/mol. The number of carbonyl (C=O) groups is 1. The maximum absolute atomic E-state index is 12.8. The van der Waals surface area contributed by atoms with Gasteiger partial charge in [-0.2, -0.15) is 0 Å². The maximum atomic E-state index is 12.8. The summed E-state index contributed by atoms with van der Waals surface area (Å²) in [6, 6.07) is 7.89. The average Bonchev–Trinajstić information content (AvgIpc) is 2.94. The summed E-state index contributed by atoms with van der Waals surface area (Å²) in [4.78, 5) is 22.0. The van der Waals surface area contributed by atoms with Crippen molar-refractivity contribution in [2.24, 2.45) is 0 Å². The molecule has 1 fully saturated rings. The van der Waals surface area contributed by atoms with Gasteiger partial charge in [-0.1, -0.05) is 38.5 Å². The van der Waals surface area contributed by atoms with Crippen LogP contribution in [0.25, 0.3) is 0 Å². The van der Waals surface area contributed by atoms with Gasteiger partial charge in [0.15, 0.2) is 0 Å². The molecule has 0 bridgehead atoms. The van der Waals surface area contributed by atoms with Crippen molar-refractivity contribution in [3.8, 4) is 0 Å². The van der Waals surface area contributed by atoms with Crippen LogP contribution in [0.15, 0.2) is 29.6 Å². The molecule has 1 amide bonds. The van der Waals surface area contributed by atoms with Crippen molar-refractivity contribution < 1.29 is 4.79 Å². The van der Waals surface area contributed by atoms with E-state index >= 15 is 0 Å². The number of hydrogen-bond acceptors (Lipinski definition) is 4. The second-order valence-corrected chi connectivity index (χ2v) is 9.04. The molecule has 4 nitrogen and oxygen atoms in total. The fourth-order valence-corrected chi connectivity index (χ4v) is 4.14. The zero-order valence-electron chi connectivity index (χ0n) is 16.3. The Morgan fingerprint density at radius 1 is 1.19 bits per heavy atom. The molecule has 2 aromatic rings. The predicted octanol–water partition coefficient (Wildman–Crippen LogP) is 4.10. The van der Waals surface area contributed by atoms with Crippen molar-refractivity contribution in [2.45, 2.75) is 46.1 Å². The normalized spacial score (nSPS) is 16.5. The van der Waals surface area contributed by atoms with Crippen LogP contribution in [0.4, 0.5) is 0 Å². The molecule has 0 saturated carbocycles. The van der Waals surface area contributed by atoms with Gasteiger partial charge in [0.1, 0.15) is 0 Å². The summed E-state index contributed by atoms with van der Waals surface area (Å²) in [6.07, 6.45) is 1.01. The molecule has 140 valence electrons. The van der Waals surface area contributed by atoms with E-state index in [1.54, 1.807) is 11.3 Å². The molecular formula is C21H29N3OS. The molecule has 2 heterocycles. The van der Waals surface area contributed by atoms with E-state index in [-0.39, 0.29) is 11.3 Å². The topological polar surface area (TPSA) is 36.4 Å². The van der Waals surface area contributed by atoms with Crippen molar-refractivity contribution in [2.75, 3.05) is 26.2 Å². The van der Waals surface area contributed by atoms with Gasteiger partial charge in [-0.15, -0.1) is 11.3 Å². The lowest BCUT2D eigenvalue weighted by Gasteiger charge is -2.22. The molecule has 0 spiro atoms. The highest BCUT2D eigenvalue weighted by molar-refractivity contribution is 7.09. The van der Waals surface area contributed by atoms with Gasteiger partial charge in [-0.05, 0) is 25.5 Å². The monoisotopic (exact) mass is 371 g/mol. The number of hydrogen-bond donors (Lipinski definition) is 0. The van der Waals surface area contributed by atoms with Crippen molar-refractivity contribution >= 4 is 17.2 Å². The van der Waals surface area contributed by atoms with Gasteiger partial charge in [-0.25, -0.2) is 4.98 Å². The standard InChI is InChI=1S/C21H29N3OS/c1-16-7-5-8-17(13-16)19(25)24-10-6-9-23(11-12-24)14-18-15-26-20(22-18)21(2,3)4/h5,7-8,13,15H,6,9-12,14H2,1-4H3. The van der Waals surface area contributed by atoms with Crippen LogP contribution in [0.1, 0.15) is 53.8 Å². The van der Waals surface area contributed by atoms with Crippen LogP contribution in [0, 0.1) is 6.92 Å². The first-order valence-corrected chi connectivity index (χ1v) is 10.2. The highest BCUT2D eigenvalue weighted by atomic mass is 32.1. The van der Waals surface area contributed by atoms with Crippen LogP contribution in [0.2, 0.25) is 0 Å². The molecule has 0 unspecified atom stereocenters. The van der Waals surface area contributed by atoms with Crippen molar-refractivity contribution in [3.63, 3.8) is 0 Å². The van der Waals surface area contributed by atoms with Crippen LogP contribution >= 0.6 is 11.3 Å². The van der Waals surface area contributed by atoms with E-state index in [0.717, 1.165) is 56.0 Å². The second kappa shape index (κ2) is 7.89. The third kappa shape index (κ3) is 4.71. The lowest BCUT2D eigenvalue weighted by atomic mass is 9.98. The Hall–Kier alpha value is -1.72. The van der Waals surface area contributed by atoms with Crippen molar-refractivity contribution in [1.82, 2.24) is 14.8 Å². The first-order chi connectivity index (χ1) is 12.3. The summed E-state index contributed by atoms with van der Waals surface area (Å²) >= 11 is 1.75. The van der Waals surface area contributed by atoms with Gasteiger partial charge in [0.25, 0.3) is 5.91 Å². The smallest absolute Gasteiger partial charge is 0.253 e. The van der Waals surface area contributed by atoms with Crippen LogP contribution in [-0.4, -0.2) is 46.9 Å². The molecule has 1 aromatic heterocycles. The van der Waals surface area contributed by atoms with Gasteiger partial charge < -0.3 is 4.90 Å². The molecular weight excluding hydrogens is 342 g/mol. The van der Waals surface area contributed by atoms with Crippen LogP contribution in [0.5, 0.6) is 0 Å². The van der Waals surface area contributed by atoms with E-state index < -0.39 is 0 Å². The fourth-order valence-electron chi connectivity index (χ4n) is 3.25. The van der Waals surface area contributed by atoms with Crippen LogP contribution < -0.4 is 0 Å². The van der Waals surface area contributed by atoms with Crippen LogP contribution in [-0.2, 0) is 12.0 Å². The minimum absolute atomic E-state index is 0.110. The fraction of sp³-hybridized carbons (Fsp3) is 0.524. The van der Waals surface area contributed by atoms with Crippen molar-refractivity contribution in [1.29, 1.82) is 0 Å². The number of nitrogens with zero attached hydrogens (tertiary/aromatic N) is 3. The summed E-state index contributed by atoms with van der Waals surface area (Å²) in [5.41, 5.74) is 3.19. The molecule has 1 aliphatic rings. The number of amides is 1. The number of aryl methyl sites for hydroxylation is 1. The van der Waals surface area contributed by atoms with Crippen LogP contribution in [0.3, 0.4) is 0 Å². The Balaban J connectivity index is 1.60. The quantitative estimate of drug-likeness (QED) is 0.815. The van der Waals surface area contributed by atoms with Crippen molar-refractivity contribution in [3.05, 3.63) is 51.5 Å². The molecule has 0 N–H and O–H groups in total. The molecule has 26 heavy (non-hydrogen) atoms. The lowest BCUT2D eigenvalue weighted by Crippen LogP contribution is -2.35. The highest BCUT2D eigenvalue weighted by Crippen LogP contribution is 2.26. The lowest BCUT2D eigenvalue weighted by molar-refractivity contribution is 0.0761. The van der Waals surface area contributed by atoms with E-state index in [0.29, 0.717) is 0 Å². The molecule has 5 heteroatoms. The minimum Gasteiger partial charge on any atom is -0.337 e. The summed E-state index contributed by atoms with van der Waals surface area (Å²) in [6.45, 7) is 13.0. The summed E-state index contributed by atoms with van der Waals surface area (Å²) in [7, 11) is 0. The Bertz CT molecular complexity index is 763.